The van der Waals surface area contributed by atoms with Crippen LogP contribution in [0, 0.1) is 6.92 Å². The van der Waals surface area contributed by atoms with Crippen LogP contribution in [0.2, 0.25) is 0 Å². The first-order valence-corrected chi connectivity index (χ1v) is 7.86. The lowest BCUT2D eigenvalue weighted by atomic mass is 10.2. The van der Waals surface area contributed by atoms with E-state index in [4.69, 9.17) is 5.73 Å². The lowest BCUT2D eigenvalue weighted by molar-refractivity contribution is 0.277. The summed E-state index contributed by atoms with van der Waals surface area (Å²) in [6.45, 7) is 5.35. The predicted octanol–water partition coefficient (Wildman–Crippen LogP) is 3.14. The van der Waals surface area contributed by atoms with E-state index < -0.39 is 0 Å². The quantitative estimate of drug-likeness (QED) is 0.942. The Balaban J connectivity index is 1.81. The summed E-state index contributed by atoms with van der Waals surface area (Å²) in [5.41, 5.74) is 9.73. The Kier molecular flexibility index (Phi) is 4.25. The van der Waals surface area contributed by atoms with Gasteiger partial charge in [0.15, 0.2) is 0 Å². The van der Waals surface area contributed by atoms with Crippen LogP contribution in [0.4, 0.5) is 5.82 Å². The highest BCUT2D eigenvalue weighted by Crippen LogP contribution is 2.22. The van der Waals surface area contributed by atoms with Crippen molar-refractivity contribution in [2.75, 3.05) is 18.8 Å². The fourth-order valence-electron chi connectivity index (χ4n) is 3.04. The number of para-hydroxylation sites is 1. The molecule has 4 heteroatoms. The molecule has 0 spiro atoms. The molecule has 1 aromatic carbocycles. The minimum absolute atomic E-state index is 0.772. The van der Waals surface area contributed by atoms with Gasteiger partial charge in [0.1, 0.15) is 5.82 Å². The van der Waals surface area contributed by atoms with Crippen LogP contribution in [-0.4, -0.2) is 27.8 Å². The average Bonchev–Trinajstić information content (AvgIpc) is 2.69. The van der Waals surface area contributed by atoms with Gasteiger partial charge in [-0.1, -0.05) is 31.0 Å². The highest BCUT2D eigenvalue weighted by Gasteiger charge is 2.15. The van der Waals surface area contributed by atoms with E-state index in [2.05, 4.69) is 29.1 Å². The van der Waals surface area contributed by atoms with Crippen LogP contribution in [-0.2, 0) is 6.54 Å². The summed E-state index contributed by atoms with van der Waals surface area (Å²) in [7, 11) is 0. The van der Waals surface area contributed by atoms with Gasteiger partial charge in [0.05, 0.1) is 11.9 Å². The molecule has 4 nitrogen and oxygen atoms in total. The van der Waals surface area contributed by atoms with E-state index in [-0.39, 0.29) is 0 Å². The largest absolute Gasteiger partial charge is 0.383 e. The van der Waals surface area contributed by atoms with Crippen LogP contribution in [0.25, 0.3) is 5.69 Å². The fourth-order valence-corrected chi connectivity index (χ4v) is 3.04. The fraction of sp³-hybridized carbons (Fsp3) is 0.471. The Hall–Kier alpha value is -1.81. The molecule has 2 N–H and O–H groups in total. The van der Waals surface area contributed by atoms with Crippen LogP contribution < -0.4 is 5.73 Å². The second-order valence-electron chi connectivity index (χ2n) is 5.94. The molecule has 0 saturated carbocycles. The number of aromatic nitrogens is 2. The van der Waals surface area contributed by atoms with Crippen molar-refractivity contribution in [2.45, 2.75) is 39.2 Å². The third-order valence-corrected chi connectivity index (χ3v) is 4.32. The van der Waals surface area contributed by atoms with Gasteiger partial charge in [0, 0.05) is 12.1 Å². The van der Waals surface area contributed by atoms with E-state index in [1.165, 1.54) is 44.3 Å². The molecule has 3 rings (SSSR count). The van der Waals surface area contributed by atoms with Gasteiger partial charge >= 0.3 is 0 Å². The first-order chi connectivity index (χ1) is 10.3. The number of aryl methyl sites for hydroxylation is 1. The maximum atomic E-state index is 6.33. The number of likely N-dealkylation sites (tertiary alicyclic amines) is 1. The van der Waals surface area contributed by atoms with Crippen molar-refractivity contribution in [1.29, 1.82) is 0 Å². The summed E-state index contributed by atoms with van der Waals surface area (Å²) in [6, 6.07) is 8.22. The first kappa shape index (κ1) is 14.1. The summed E-state index contributed by atoms with van der Waals surface area (Å²) in [5.74, 6) is 0.772. The Morgan fingerprint density at radius 1 is 1.10 bits per heavy atom. The molecule has 112 valence electrons. The minimum atomic E-state index is 0.772. The smallest absolute Gasteiger partial charge is 0.131 e. The number of hydrogen-bond acceptors (Lipinski definition) is 3. The highest BCUT2D eigenvalue weighted by atomic mass is 15.3. The van der Waals surface area contributed by atoms with Crippen LogP contribution in [0.15, 0.2) is 30.5 Å². The Morgan fingerprint density at radius 3 is 2.52 bits per heavy atom. The molecule has 1 aromatic heterocycles. The van der Waals surface area contributed by atoms with Gasteiger partial charge < -0.3 is 5.73 Å². The molecular formula is C17H24N4. The van der Waals surface area contributed by atoms with Crippen molar-refractivity contribution in [3.63, 3.8) is 0 Å². The van der Waals surface area contributed by atoms with Crippen LogP contribution in [0.1, 0.15) is 36.8 Å². The molecule has 1 saturated heterocycles. The van der Waals surface area contributed by atoms with Gasteiger partial charge in [-0.3, -0.25) is 4.90 Å². The van der Waals surface area contributed by atoms with Crippen molar-refractivity contribution >= 4 is 5.82 Å². The summed E-state index contributed by atoms with van der Waals surface area (Å²) in [5, 5.41) is 4.50. The number of benzene rings is 1. The van der Waals surface area contributed by atoms with E-state index in [1.54, 1.807) is 0 Å². The lowest BCUT2D eigenvalue weighted by Gasteiger charge is -2.19. The van der Waals surface area contributed by atoms with Crippen LogP contribution in [0.3, 0.4) is 0 Å². The van der Waals surface area contributed by atoms with Crippen LogP contribution >= 0.6 is 0 Å². The van der Waals surface area contributed by atoms with E-state index in [1.807, 2.05) is 23.0 Å². The van der Waals surface area contributed by atoms with Crippen molar-refractivity contribution in [2.24, 2.45) is 0 Å². The number of nitrogens with two attached hydrogens (primary N) is 1. The molecule has 21 heavy (non-hydrogen) atoms. The maximum absolute atomic E-state index is 6.33. The van der Waals surface area contributed by atoms with E-state index in [0.29, 0.717) is 0 Å². The number of hydrogen-bond donors (Lipinski definition) is 1. The molecule has 1 aliphatic rings. The number of rotatable bonds is 3. The van der Waals surface area contributed by atoms with E-state index in [0.717, 1.165) is 23.6 Å². The highest BCUT2D eigenvalue weighted by molar-refractivity contribution is 5.49. The van der Waals surface area contributed by atoms with Gasteiger partial charge in [-0.25, -0.2) is 4.68 Å². The molecule has 0 bridgehead atoms. The predicted molar refractivity (Wildman–Crippen MR) is 86.5 cm³/mol. The zero-order valence-electron chi connectivity index (χ0n) is 12.8. The van der Waals surface area contributed by atoms with Gasteiger partial charge in [-0.05, 0) is 44.5 Å². The maximum Gasteiger partial charge on any atom is 0.131 e. The first-order valence-electron chi connectivity index (χ1n) is 7.86. The summed E-state index contributed by atoms with van der Waals surface area (Å²) < 4.78 is 1.86. The third kappa shape index (κ3) is 3.10. The molecule has 2 aromatic rings. The van der Waals surface area contributed by atoms with Crippen molar-refractivity contribution in [3.8, 4) is 5.69 Å². The Labute approximate surface area is 126 Å². The molecule has 1 fully saturated rings. The average molecular weight is 284 g/mol. The number of anilines is 1. The topological polar surface area (TPSA) is 47.1 Å². The van der Waals surface area contributed by atoms with E-state index in [9.17, 15) is 0 Å². The lowest BCUT2D eigenvalue weighted by Crippen LogP contribution is -2.24. The third-order valence-electron chi connectivity index (χ3n) is 4.32. The van der Waals surface area contributed by atoms with Gasteiger partial charge in [0.25, 0.3) is 0 Å². The second-order valence-corrected chi connectivity index (χ2v) is 5.94. The number of nitrogen functional groups attached to an aromatic ring is 1. The monoisotopic (exact) mass is 284 g/mol. The molecule has 0 radical (unpaired) electrons. The van der Waals surface area contributed by atoms with Gasteiger partial charge in [-0.15, -0.1) is 0 Å². The number of nitrogens with zero attached hydrogens (tertiary/aromatic N) is 3. The Bertz CT molecular complexity index is 595. The normalized spacial score (nSPS) is 16.8. The summed E-state index contributed by atoms with van der Waals surface area (Å²) in [4.78, 5) is 2.50. The molecule has 2 heterocycles. The summed E-state index contributed by atoms with van der Waals surface area (Å²) >= 11 is 0. The van der Waals surface area contributed by atoms with Gasteiger partial charge in [-0.2, -0.15) is 5.10 Å². The molecule has 0 amide bonds. The van der Waals surface area contributed by atoms with Crippen molar-refractivity contribution in [1.82, 2.24) is 14.7 Å². The van der Waals surface area contributed by atoms with Crippen LogP contribution in [0.5, 0.6) is 0 Å². The van der Waals surface area contributed by atoms with Crippen molar-refractivity contribution in [3.05, 3.63) is 41.6 Å². The zero-order chi connectivity index (χ0) is 14.7. The summed E-state index contributed by atoms with van der Waals surface area (Å²) in [6.07, 6.45) is 7.23. The van der Waals surface area contributed by atoms with Gasteiger partial charge in [0.2, 0.25) is 0 Å². The molecule has 0 unspecified atom stereocenters. The molecule has 0 aliphatic carbocycles. The minimum Gasteiger partial charge on any atom is -0.383 e. The van der Waals surface area contributed by atoms with Crippen molar-refractivity contribution < 1.29 is 0 Å². The molecule has 1 aliphatic heterocycles. The zero-order valence-corrected chi connectivity index (χ0v) is 12.8. The Morgan fingerprint density at radius 2 is 1.81 bits per heavy atom. The standard InChI is InChI=1S/C17H24N4/c1-14-8-4-5-9-16(14)21-17(18)15(12-19-21)13-20-10-6-2-3-7-11-20/h4-5,8-9,12H,2-3,6-7,10-11,13,18H2,1H3. The SMILES string of the molecule is Cc1ccccc1-n1ncc(CN2CCCCCC2)c1N. The van der Waals surface area contributed by atoms with E-state index >= 15 is 0 Å². The molecular weight excluding hydrogens is 260 g/mol. The second kappa shape index (κ2) is 6.31. The molecule has 0 atom stereocenters.